The fraction of sp³-hybridized carbons (Fsp3) is 0.200. The molecule has 0 heterocycles. The van der Waals surface area contributed by atoms with Crippen LogP contribution in [0.25, 0.3) is 0 Å². The number of halogens is 2. The molecule has 2 aromatic carbocycles. The molecule has 112 valence electrons. The lowest BCUT2D eigenvalue weighted by molar-refractivity contribution is 0.565. The predicted octanol–water partition coefficient (Wildman–Crippen LogP) is 3.70. The third-order valence-electron chi connectivity index (χ3n) is 3.19. The molecule has 0 saturated heterocycles. The van der Waals surface area contributed by atoms with E-state index in [9.17, 15) is 12.8 Å². The fourth-order valence-electron chi connectivity index (χ4n) is 1.87. The Labute approximate surface area is 129 Å². The minimum Gasteiger partial charge on any atom is -0.269 e. The molecule has 0 amide bonds. The average Bonchev–Trinajstić information content (AvgIpc) is 2.47. The fourth-order valence-corrected chi connectivity index (χ4v) is 3.34. The summed E-state index contributed by atoms with van der Waals surface area (Å²) in [6.45, 7) is 1.90. The number of aryl methyl sites for hydroxylation is 1. The normalized spacial score (nSPS) is 11.4. The van der Waals surface area contributed by atoms with Crippen LogP contribution in [-0.4, -0.2) is 15.5 Å². The lowest BCUT2D eigenvalue weighted by Crippen LogP contribution is -2.27. The summed E-state index contributed by atoms with van der Waals surface area (Å²) >= 11 is 5.68. The van der Waals surface area contributed by atoms with Gasteiger partial charge in [-0.2, -0.15) is 0 Å². The lowest BCUT2D eigenvalue weighted by atomic mass is 10.2. The van der Waals surface area contributed by atoms with Gasteiger partial charge in [0.25, 0.3) is 10.0 Å². The first-order valence-corrected chi connectivity index (χ1v) is 8.23. The minimum absolute atomic E-state index is 0.122. The van der Waals surface area contributed by atoms with E-state index in [2.05, 4.69) is 0 Å². The van der Waals surface area contributed by atoms with Crippen molar-refractivity contribution in [2.75, 3.05) is 11.4 Å². The van der Waals surface area contributed by atoms with Crippen molar-refractivity contribution in [3.05, 3.63) is 59.4 Å². The highest BCUT2D eigenvalue weighted by atomic mass is 35.5. The first-order chi connectivity index (χ1) is 9.86. The summed E-state index contributed by atoms with van der Waals surface area (Å²) < 4.78 is 40.0. The largest absolute Gasteiger partial charge is 0.269 e. The van der Waals surface area contributed by atoms with Gasteiger partial charge < -0.3 is 0 Å². The van der Waals surface area contributed by atoms with Crippen molar-refractivity contribution in [3.63, 3.8) is 0 Å². The maximum absolute atomic E-state index is 13.9. The van der Waals surface area contributed by atoms with E-state index in [0.717, 1.165) is 15.9 Å². The molecule has 0 aliphatic rings. The minimum atomic E-state index is -3.97. The van der Waals surface area contributed by atoms with E-state index in [4.69, 9.17) is 11.6 Å². The summed E-state index contributed by atoms with van der Waals surface area (Å²) in [6.07, 6.45) is 0. The maximum Gasteiger partial charge on any atom is 0.266 e. The molecule has 0 N–H and O–H groups in total. The van der Waals surface area contributed by atoms with E-state index in [1.165, 1.54) is 19.2 Å². The molecule has 2 aromatic rings. The summed E-state index contributed by atoms with van der Waals surface area (Å²) in [7, 11) is -2.57. The molecule has 0 spiro atoms. The van der Waals surface area contributed by atoms with Crippen LogP contribution < -0.4 is 4.31 Å². The van der Waals surface area contributed by atoms with Crippen LogP contribution in [0.3, 0.4) is 0 Å². The molecule has 0 bridgehead atoms. The predicted molar refractivity (Wildman–Crippen MR) is 82.7 cm³/mol. The molecule has 0 unspecified atom stereocenters. The van der Waals surface area contributed by atoms with Gasteiger partial charge in [-0.3, -0.25) is 4.31 Å². The van der Waals surface area contributed by atoms with E-state index < -0.39 is 15.8 Å². The van der Waals surface area contributed by atoms with Gasteiger partial charge in [0.2, 0.25) is 0 Å². The van der Waals surface area contributed by atoms with Gasteiger partial charge in [-0.1, -0.05) is 23.8 Å². The first kappa shape index (κ1) is 15.8. The van der Waals surface area contributed by atoms with Crippen LogP contribution in [-0.2, 0) is 15.9 Å². The van der Waals surface area contributed by atoms with Crippen molar-refractivity contribution in [1.29, 1.82) is 0 Å². The summed E-state index contributed by atoms with van der Waals surface area (Å²) in [5, 5.41) is 0. The number of rotatable bonds is 4. The van der Waals surface area contributed by atoms with E-state index in [0.29, 0.717) is 11.3 Å². The van der Waals surface area contributed by atoms with Crippen LogP contribution in [0.4, 0.5) is 10.1 Å². The number of anilines is 1. The SMILES string of the molecule is Cc1ccc(N(C)S(=O)(=O)c2cc(CCl)ccc2F)cc1. The zero-order valence-corrected chi connectivity index (χ0v) is 13.2. The van der Waals surface area contributed by atoms with Crippen molar-refractivity contribution >= 4 is 27.3 Å². The first-order valence-electron chi connectivity index (χ1n) is 6.26. The van der Waals surface area contributed by atoms with Gasteiger partial charge in [0.05, 0.1) is 5.69 Å². The van der Waals surface area contributed by atoms with Crippen molar-refractivity contribution in [2.45, 2.75) is 17.7 Å². The van der Waals surface area contributed by atoms with Crippen molar-refractivity contribution < 1.29 is 12.8 Å². The number of sulfonamides is 1. The number of hydrogen-bond acceptors (Lipinski definition) is 2. The second-order valence-electron chi connectivity index (χ2n) is 4.71. The summed E-state index contributed by atoms with van der Waals surface area (Å²) in [4.78, 5) is -0.372. The smallest absolute Gasteiger partial charge is 0.266 e. The Kier molecular flexibility index (Phi) is 4.54. The van der Waals surface area contributed by atoms with Crippen molar-refractivity contribution in [3.8, 4) is 0 Å². The molecular formula is C15H15ClFNO2S. The molecule has 3 nitrogen and oxygen atoms in total. The van der Waals surface area contributed by atoms with Gasteiger partial charge in [-0.25, -0.2) is 12.8 Å². The van der Waals surface area contributed by atoms with Gasteiger partial charge >= 0.3 is 0 Å². The van der Waals surface area contributed by atoms with Gasteiger partial charge in [-0.15, -0.1) is 11.6 Å². The third-order valence-corrected chi connectivity index (χ3v) is 5.30. The van der Waals surface area contributed by atoms with Crippen LogP contribution >= 0.6 is 11.6 Å². The molecule has 21 heavy (non-hydrogen) atoms. The van der Waals surface area contributed by atoms with Gasteiger partial charge in [0.1, 0.15) is 10.7 Å². The molecule has 0 aromatic heterocycles. The molecule has 2 rings (SSSR count). The van der Waals surface area contributed by atoms with Crippen LogP contribution in [0.2, 0.25) is 0 Å². The zero-order chi connectivity index (χ0) is 15.6. The van der Waals surface area contributed by atoms with E-state index in [-0.39, 0.29) is 10.8 Å². The van der Waals surface area contributed by atoms with Crippen molar-refractivity contribution in [1.82, 2.24) is 0 Å². The second kappa shape index (κ2) is 6.03. The van der Waals surface area contributed by atoms with Gasteiger partial charge in [0, 0.05) is 12.9 Å². The maximum atomic E-state index is 13.9. The molecule has 0 aliphatic heterocycles. The molecule has 0 atom stereocenters. The van der Waals surface area contributed by atoms with Gasteiger partial charge in [-0.05, 0) is 36.8 Å². The second-order valence-corrected chi connectivity index (χ2v) is 6.91. The summed E-state index contributed by atoms with van der Waals surface area (Å²) in [5.41, 5.74) is 2.03. The summed E-state index contributed by atoms with van der Waals surface area (Å²) in [6, 6.07) is 10.8. The topological polar surface area (TPSA) is 37.4 Å². The summed E-state index contributed by atoms with van der Waals surface area (Å²) in [5.74, 6) is -0.667. The molecule has 6 heteroatoms. The monoisotopic (exact) mass is 327 g/mol. The molecule has 0 radical (unpaired) electrons. The Bertz CT molecular complexity index is 745. The van der Waals surface area contributed by atoms with E-state index >= 15 is 0 Å². The van der Waals surface area contributed by atoms with Crippen LogP contribution in [0.5, 0.6) is 0 Å². The molecule has 0 saturated carbocycles. The lowest BCUT2D eigenvalue weighted by Gasteiger charge is -2.20. The zero-order valence-electron chi connectivity index (χ0n) is 11.7. The average molecular weight is 328 g/mol. The Balaban J connectivity index is 2.48. The van der Waals surface area contributed by atoms with Gasteiger partial charge in [0.15, 0.2) is 0 Å². The molecular weight excluding hydrogens is 313 g/mol. The Morgan fingerprint density at radius 1 is 1.14 bits per heavy atom. The highest BCUT2D eigenvalue weighted by Crippen LogP contribution is 2.25. The quantitative estimate of drug-likeness (QED) is 0.803. The van der Waals surface area contributed by atoms with E-state index in [1.54, 1.807) is 24.3 Å². The van der Waals surface area contributed by atoms with Crippen molar-refractivity contribution in [2.24, 2.45) is 0 Å². The number of nitrogens with zero attached hydrogens (tertiary/aromatic N) is 1. The number of hydrogen-bond donors (Lipinski definition) is 0. The molecule has 0 aliphatic carbocycles. The Hall–Kier alpha value is -1.59. The van der Waals surface area contributed by atoms with E-state index in [1.807, 2.05) is 6.92 Å². The Morgan fingerprint density at radius 3 is 2.33 bits per heavy atom. The highest BCUT2D eigenvalue weighted by Gasteiger charge is 2.25. The third kappa shape index (κ3) is 3.19. The molecule has 0 fully saturated rings. The Morgan fingerprint density at radius 2 is 1.76 bits per heavy atom. The number of alkyl halides is 1. The van der Waals surface area contributed by atoms with Crippen LogP contribution in [0, 0.1) is 12.7 Å². The van der Waals surface area contributed by atoms with Crippen LogP contribution in [0.1, 0.15) is 11.1 Å². The number of benzene rings is 2. The highest BCUT2D eigenvalue weighted by molar-refractivity contribution is 7.92. The standard InChI is InChI=1S/C15H15ClFNO2S/c1-11-3-6-13(7-4-11)18(2)21(19,20)15-9-12(10-16)5-8-14(15)17/h3-9H,10H2,1-2H3. The van der Waals surface area contributed by atoms with Crippen LogP contribution in [0.15, 0.2) is 47.4 Å².